The van der Waals surface area contributed by atoms with Crippen LogP contribution in [-0.4, -0.2) is 26.1 Å². The van der Waals surface area contributed by atoms with Crippen LogP contribution in [0.4, 0.5) is 0 Å². The standard InChI is InChI=1S/C13H20N2O2/c1-3-15-10-11-6-4-5-7-12(11)17-9-8-13(16)14-2/h4-7,15H,3,8-10H2,1-2H3,(H,14,16). The second-order valence-electron chi connectivity index (χ2n) is 3.66. The van der Waals surface area contributed by atoms with Crippen LogP contribution in [0.5, 0.6) is 5.75 Å². The van der Waals surface area contributed by atoms with Gasteiger partial charge in [-0.25, -0.2) is 0 Å². The van der Waals surface area contributed by atoms with Crippen molar-refractivity contribution in [3.8, 4) is 5.75 Å². The number of benzene rings is 1. The first-order chi connectivity index (χ1) is 8.27. The summed E-state index contributed by atoms with van der Waals surface area (Å²) >= 11 is 0. The lowest BCUT2D eigenvalue weighted by Gasteiger charge is -2.11. The summed E-state index contributed by atoms with van der Waals surface area (Å²) in [5, 5.41) is 5.82. The van der Waals surface area contributed by atoms with Gasteiger partial charge in [-0.15, -0.1) is 0 Å². The third-order valence-corrected chi connectivity index (χ3v) is 2.40. The molecule has 0 spiro atoms. The smallest absolute Gasteiger partial charge is 0.223 e. The van der Waals surface area contributed by atoms with Gasteiger partial charge in [0.1, 0.15) is 5.75 Å². The van der Waals surface area contributed by atoms with Gasteiger partial charge in [-0.1, -0.05) is 25.1 Å². The summed E-state index contributed by atoms with van der Waals surface area (Å²) in [6.07, 6.45) is 0.381. The van der Waals surface area contributed by atoms with E-state index in [-0.39, 0.29) is 5.91 Å². The average molecular weight is 236 g/mol. The highest BCUT2D eigenvalue weighted by atomic mass is 16.5. The molecule has 0 aliphatic carbocycles. The molecule has 0 unspecified atom stereocenters. The van der Waals surface area contributed by atoms with Gasteiger partial charge in [0, 0.05) is 19.2 Å². The van der Waals surface area contributed by atoms with E-state index in [9.17, 15) is 4.79 Å². The van der Waals surface area contributed by atoms with E-state index < -0.39 is 0 Å². The van der Waals surface area contributed by atoms with Crippen LogP contribution in [0.2, 0.25) is 0 Å². The molecule has 0 radical (unpaired) electrons. The largest absolute Gasteiger partial charge is 0.493 e. The predicted octanol–water partition coefficient (Wildman–Crippen LogP) is 1.31. The first-order valence-corrected chi connectivity index (χ1v) is 5.90. The molecule has 0 saturated heterocycles. The average Bonchev–Trinajstić information content (AvgIpc) is 2.37. The quantitative estimate of drug-likeness (QED) is 0.750. The van der Waals surface area contributed by atoms with E-state index in [0.717, 1.165) is 24.4 Å². The van der Waals surface area contributed by atoms with E-state index >= 15 is 0 Å². The molecule has 0 atom stereocenters. The second kappa shape index (κ2) is 7.68. The molecule has 0 aliphatic heterocycles. The van der Waals surface area contributed by atoms with Crippen molar-refractivity contribution in [2.45, 2.75) is 19.9 Å². The fourth-order valence-electron chi connectivity index (χ4n) is 1.43. The number of hydrogen-bond acceptors (Lipinski definition) is 3. The summed E-state index contributed by atoms with van der Waals surface area (Å²) in [7, 11) is 1.63. The molecule has 0 aliphatic rings. The number of rotatable bonds is 7. The monoisotopic (exact) mass is 236 g/mol. The Bertz CT molecular complexity index is 353. The maximum Gasteiger partial charge on any atom is 0.223 e. The van der Waals surface area contributed by atoms with Gasteiger partial charge in [0.05, 0.1) is 13.0 Å². The van der Waals surface area contributed by atoms with Gasteiger partial charge < -0.3 is 15.4 Å². The Morgan fingerprint density at radius 3 is 2.82 bits per heavy atom. The lowest BCUT2D eigenvalue weighted by molar-refractivity contribution is -0.121. The number of carbonyl (C=O) groups is 1. The Hall–Kier alpha value is -1.55. The van der Waals surface area contributed by atoms with Crippen molar-refractivity contribution in [1.29, 1.82) is 0 Å². The molecular weight excluding hydrogens is 216 g/mol. The van der Waals surface area contributed by atoms with E-state index in [1.54, 1.807) is 7.05 Å². The lowest BCUT2D eigenvalue weighted by atomic mass is 10.2. The number of hydrogen-bond donors (Lipinski definition) is 2. The summed E-state index contributed by atoms with van der Waals surface area (Å²) in [5.74, 6) is 0.839. The lowest BCUT2D eigenvalue weighted by Crippen LogP contribution is -2.20. The van der Waals surface area contributed by atoms with Crippen molar-refractivity contribution < 1.29 is 9.53 Å². The van der Waals surface area contributed by atoms with Gasteiger partial charge in [-0.05, 0) is 12.6 Å². The highest BCUT2D eigenvalue weighted by Gasteiger charge is 2.03. The molecule has 2 N–H and O–H groups in total. The van der Waals surface area contributed by atoms with E-state index in [4.69, 9.17) is 4.74 Å². The van der Waals surface area contributed by atoms with Gasteiger partial charge in [-0.3, -0.25) is 4.79 Å². The molecule has 4 heteroatoms. The first-order valence-electron chi connectivity index (χ1n) is 5.90. The Balaban J connectivity index is 2.48. The fourth-order valence-corrected chi connectivity index (χ4v) is 1.43. The zero-order chi connectivity index (χ0) is 12.5. The van der Waals surface area contributed by atoms with Crippen LogP contribution in [-0.2, 0) is 11.3 Å². The maximum absolute atomic E-state index is 11.1. The Kier molecular flexibility index (Phi) is 6.10. The van der Waals surface area contributed by atoms with Crippen LogP contribution in [0.15, 0.2) is 24.3 Å². The molecule has 1 rings (SSSR count). The van der Waals surface area contributed by atoms with Gasteiger partial charge in [-0.2, -0.15) is 0 Å². The number of ether oxygens (including phenoxy) is 1. The highest BCUT2D eigenvalue weighted by Crippen LogP contribution is 2.17. The number of nitrogens with one attached hydrogen (secondary N) is 2. The van der Waals surface area contributed by atoms with Crippen LogP contribution >= 0.6 is 0 Å². The predicted molar refractivity (Wildman–Crippen MR) is 68.0 cm³/mol. The van der Waals surface area contributed by atoms with Crippen molar-refractivity contribution >= 4 is 5.91 Å². The van der Waals surface area contributed by atoms with Crippen molar-refractivity contribution in [1.82, 2.24) is 10.6 Å². The maximum atomic E-state index is 11.1. The molecule has 1 aromatic carbocycles. The van der Waals surface area contributed by atoms with Gasteiger partial charge in [0.2, 0.25) is 5.91 Å². The molecule has 0 heterocycles. The fraction of sp³-hybridized carbons (Fsp3) is 0.462. The van der Waals surface area contributed by atoms with Crippen LogP contribution in [0.25, 0.3) is 0 Å². The molecule has 1 aromatic rings. The van der Waals surface area contributed by atoms with Gasteiger partial charge in [0.15, 0.2) is 0 Å². The molecule has 0 saturated carbocycles. The summed E-state index contributed by atoms with van der Waals surface area (Å²) < 4.78 is 5.61. The molecule has 4 nitrogen and oxygen atoms in total. The van der Waals surface area contributed by atoms with E-state index in [1.165, 1.54) is 0 Å². The number of amides is 1. The third kappa shape index (κ3) is 4.87. The van der Waals surface area contributed by atoms with Crippen molar-refractivity contribution in [2.75, 3.05) is 20.2 Å². The van der Waals surface area contributed by atoms with Crippen molar-refractivity contribution in [3.05, 3.63) is 29.8 Å². The minimum absolute atomic E-state index is 0.00540. The number of carbonyl (C=O) groups excluding carboxylic acids is 1. The zero-order valence-electron chi connectivity index (χ0n) is 10.5. The second-order valence-corrected chi connectivity index (χ2v) is 3.66. The summed E-state index contributed by atoms with van der Waals surface area (Å²) in [6.45, 7) is 4.18. The van der Waals surface area contributed by atoms with Crippen LogP contribution in [0.1, 0.15) is 18.9 Å². The van der Waals surface area contributed by atoms with E-state index in [1.807, 2.05) is 24.3 Å². The number of para-hydroxylation sites is 1. The first kappa shape index (κ1) is 13.5. The third-order valence-electron chi connectivity index (χ3n) is 2.40. The molecular formula is C13H20N2O2. The SMILES string of the molecule is CCNCc1ccccc1OCCC(=O)NC. The van der Waals surface area contributed by atoms with E-state index in [2.05, 4.69) is 17.6 Å². The van der Waals surface area contributed by atoms with E-state index in [0.29, 0.717) is 13.0 Å². The summed E-state index contributed by atoms with van der Waals surface area (Å²) in [6, 6.07) is 7.87. The Labute approximate surface area is 102 Å². The minimum Gasteiger partial charge on any atom is -0.493 e. The Morgan fingerprint density at radius 1 is 1.35 bits per heavy atom. The topological polar surface area (TPSA) is 50.4 Å². The molecule has 94 valence electrons. The normalized spacial score (nSPS) is 10.0. The molecule has 1 amide bonds. The highest BCUT2D eigenvalue weighted by molar-refractivity contribution is 5.75. The molecule has 0 fully saturated rings. The summed E-state index contributed by atoms with van der Waals surface area (Å²) in [5.41, 5.74) is 1.12. The Morgan fingerprint density at radius 2 is 2.12 bits per heavy atom. The minimum atomic E-state index is -0.00540. The van der Waals surface area contributed by atoms with Crippen molar-refractivity contribution in [2.24, 2.45) is 0 Å². The molecule has 0 aromatic heterocycles. The summed E-state index contributed by atoms with van der Waals surface area (Å²) in [4.78, 5) is 11.1. The molecule has 17 heavy (non-hydrogen) atoms. The van der Waals surface area contributed by atoms with Crippen LogP contribution < -0.4 is 15.4 Å². The molecule has 0 bridgehead atoms. The van der Waals surface area contributed by atoms with Gasteiger partial charge in [0.25, 0.3) is 0 Å². The van der Waals surface area contributed by atoms with Crippen LogP contribution in [0, 0.1) is 0 Å². The zero-order valence-corrected chi connectivity index (χ0v) is 10.5. The van der Waals surface area contributed by atoms with Crippen LogP contribution in [0.3, 0.4) is 0 Å². The van der Waals surface area contributed by atoms with Gasteiger partial charge >= 0.3 is 0 Å². The van der Waals surface area contributed by atoms with Crippen molar-refractivity contribution in [3.63, 3.8) is 0 Å².